The highest BCUT2D eigenvalue weighted by Gasteiger charge is 1.91. The number of halogens is 1. The zero-order valence-corrected chi connectivity index (χ0v) is 4.41. The van der Waals surface area contributed by atoms with E-state index in [-0.39, 0.29) is 10.5 Å². The van der Waals surface area contributed by atoms with Crippen LogP contribution in [0, 0.1) is 0 Å². The maximum absolute atomic E-state index is 12.0. The van der Waals surface area contributed by atoms with Gasteiger partial charge in [-0.1, -0.05) is 4.48 Å². The van der Waals surface area contributed by atoms with Gasteiger partial charge in [-0.15, -0.1) is 4.79 Å². The fraction of sp³-hybridized carbons (Fsp3) is 0. The lowest BCUT2D eigenvalue weighted by Crippen LogP contribution is -2.09. The van der Waals surface area contributed by atoms with Gasteiger partial charge in [0.1, 0.15) is 5.75 Å². The molecule has 48 valence electrons. The third-order valence-corrected chi connectivity index (χ3v) is 0.858. The van der Waals surface area contributed by atoms with Gasteiger partial charge in [0.15, 0.2) is 0 Å². The van der Waals surface area contributed by atoms with Gasteiger partial charge in [-0.3, -0.25) is 4.79 Å². The summed E-state index contributed by atoms with van der Waals surface area (Å²) in [6.07, 6.45) is 0.845. The average molecular weight is 129 g/mol. The van der Waals surface area contributed by atoms with Crippen LogP contribution in [-0.4, -0.2) is 9.90 Å². The van der Waals surface area contributed by atoms with E-state index in [2.05, 4.69) is 0 Å². The van der Waals surface area contributed by atoms with Gasteiger partial charge in [0.05, 0.1) is 0 Å². The first kappa shape index (κ1) is 5.81. The van der Waals surface area contributed by atoms with Gasteiger partial charge in [0.25, 0.3) is 5.56 Å². The van der Waals surface area contributed by atoms with Crippen molar-refractivity contribution in [3.63, 3.8) is 0 Å². The molecule has 0 spiro atoms. The lowest BCUT2D eigenvalue weighted by atomic mass is 10.5. The molecule has 1 aromatic heterocycles. The van der Waals surface area contributed by atoms with Crippen LogP contribution in [0.1, 0.15) is 0 Å². The molecule has 1 aromatic rings. The molecular weight excluding hydrogens is 125 g/mol. The highest BCUT2D eigenvalue weighted by atomic mass is 19.2. The number of rotatable bonds is 0. The van der Waals surface area contributed by atoms with Crippen LogP contribution in [0.5, 0.6) is 5.75 Å². The number of pyridine rings is 1. The molecule has 3 nitrogen and oxygen atoms in total. The van der Waals surface area contributed by atoms with E-state index in [1.54, 1.807) is 0 Å². The largest absolute Gasteiger partial charge is 0.508 e. The Morgan fingerprint density at radius 1 is 1.67 bits per heavy atom. The van der Waals surface area contributed by atoms with Crippen molar-refractivity contribution in [1.82, 2.24) is 4.79 Å². The maximum atomic E-state index is 12.0. The summed E-state index contributed by atoms with van der Waals surface area (Å²) in [5, 5.41) is 8.56. The summed E-state index contributed by atoms with van der Waals surface area (Å²) >= 11 is 0. The van der Waals surface area contributed by atoms with Crippen molar-refractivity contribution in [3.05, 3.63) is 28.7 Å². The predicted molar refractivity (Wildman–Crippen MR) is 28.9 cm³/mol. The molecule has 0 bridgehead atoms. The van der Waals surface area contributed by atoms with Crippen LogP contribution in [0.25, 0.3) is 0 Å². The third kappa shape index (κ3) is 1.07. The Bertz CT molecular complexity index is 268. The van der Waals surface area contributed by atoms with Crippen LogP contribution in [0.3, 0.4) is 0 Å². The quantitative estimate of drug-likeness (QED) is 0.546. The van der Waals surface area contributed by atoms with Crippen molar-refractivity contribution < 1.29 is 9.59 Å². The molecule has 0 atom stereocenters. The van der Waals surface area contributed by atoms with Gasteiger partial charge in [0, 0.05) is 12.3 Å². The van der Waals surface area contributed by atoms with Gasteiger partial charge in [-0.25, -0.2) is 0 Å². The molecule has 0 radical (unpaired) electrons. The zero-order valence-electron chi connectivity index (χ0n) is 4.41. The normalized spacial score (nSPS) is 9.44. The van der Waals surface area contributed by atoms with E-state index in [9.17, 15) is 9.28 Å². The summed E-state index contributed by atoms with van der Waals surface area (Å²) in [4.78, 5) is 10.2. The molecule has 0 aliphatic rings. The summed E-state index contributed by atoms with van der Waals surface area (Å²) in [7, 11) is 0. The highest BCUT2D eigenvalue weighted by Crippen LogP contribution is 1.99. The maximum Gasteiger partial charge on any atom is 0.282 e. The second kappa shape index (κ2) is 1.89. The second-order valence-corrected chi connectivity index (χ2v) is 1.53. The Hall–Kier alpha value is -1.32. The van der Waals surface area contributed by atoms with E-state index in [0.717, 1.165) is 18.3 Å². The first-order valence-corrected chi connectivity index (χ1v) is 2.28. The average Bonchev–Trinajstić information content (AvgIpc) is 1.80. The molecule has 0 aliphatic carbocycles. The van der Waals surface area contributed by atoms with Crippen molar-refractivity contribution in [1.29, 1.82) is 0 Å². The highest BCUT2D eigenvalue weighted by molar-refractivity contribution is 5.14. The Kier molecular flexibility index (Phi) is 1.22. The minimum Gasteiger partial charge on any atom is -0.508 e. The third-order valence-electron chi connectivity index (χ3n) is 0.858. The molecule has 0 fully saturated rings. The van der Waals surface area contributed by atoms with Crippen molar-refractivity contribution in [3.8, 4) is 5.75 Å². The van der Waals surface area contributed by atoms with E-state index in [1.807, 2.05) is 0 Å². The fourth-order valence-corrected chi connectivity index (χ4v) is 0.452. The van der Waals surface area contributed by atoms with Gasteiger partial charge in [0.2, 0.25) is 0 Å². The number of hydrogen-bond acceptors (Lipinski definition) is 2. The van der Waals surface area contributed by atoms with Crippen LogP contribution < -0.4 is 5.56 Å². The van der Waals surface area contributed by atoms with Crippen molar-refractivity contribution in [2.75, 3.05) is 0 Å². The zero-order chi connectivity index (χ0) is 6.85. The van der Waals surface area contributed by atoms with Gasteiger partial charge < -0.3 is 5.11 Å². The Morgan fingerprint density at radius 2 is 2.33 bits per heavy atom. The van der Waals surface area contributed by atoms with Gasteiger partial charge in [-0.2, -0.15) is 0 Å². The molecule has 4 heteroatoms. The molecule has 0 saturated carbocycles. The number of aromatic nitrogens is 1. The van der Waals surface area contributed by atoms with Crippen molar-refractivity contribution in [2.45, 2.75) is 0 Å². The molecule has 0 aromatic carbocycles. The fourth-order valence-electron chi connectivity index (χ4n) is 0.452. The Morgan fingerprint density at radius 3 is 2.78 bits per heavy atom. The molecule has 0 saturated heterocycles. The SMILES string of the molecule is O=c1cc(O)ccn1F. The van der Waals surface area contributed by atoms with E-state index in [1.165, 1.54) is 0 Å². The van der Waals surface area contributed by atoms with Crippen LogP contribution in [0.2, 0.25) is 0 Å². The minimum atomic E-state index is -0.866. The molecule has 1 rings (SSSR count). The molecule has 0 aliphatic heterocycles. The van der Waals surface area contributed by atoms with Crippen LogP contribution in [0.4, 0.5) is 4.48 Å². The van der Waals surface area contributed by atoms with Crippen LogP contribution >= 0.6 is 0 Å². The summed E-state index contributed by atoms with van der Waals surface area (Å²) in [5.41, 5.74) is -0.866. The van der Waals surface area contributed by atoms with Gasteiger partial charge >= 0.3 is 0 Å². The summed E-state index contributed by atoms with van der Waals surface area (Å²) in [6.45, 7) is 0. The van der Waals surface area contributed by atoms with E-state index < -0.39 is 5.56 Å². The number of nitrogens with zero attached hydrogens (tertiary/aromatic N) is 1. The first-order valence-electron chi connectivity index (χ1n) is 2.28. The number of aromatic hydroxyl groups is 1. The molecule has 0 unspecified atom stereocenters. The van der Waals surface area contributed by atoms with Crippen LogP contribution in [0.15, 0.2) is 23.1 Å². The van der Waals surface area contributed by atoms with E-state index >= 15 is 0 Å². The van der Waals surface area contributed by atoms with Crippen molar-refractivity contribution in [2.24, 2.45) is 0 Å². The first-order chi connectivity index (χ1) is 4.20. The van der Waals surface area contributed by atoms with Crippen molar-refractivity contribution >= 4 is 0 Å². The monoisotopic (exact) mass is 129 g/mol. The van der Waals surface area contributed by atoms with Gasteiger partial charge in [-0.05, 0) is 6.07 Å². The molecule has 9 heavy (non-hydrogen) atoms. The van der Waals surface area contributed by atoms with E-state index in [4.69, 9.17) is 5.11 Å². The summed E-state index contributed by atoms with van der Waals surface area (Å²) in [5.74, 6) is -0.228. The Labute approximate surface area is 49.9 Å². The number of hydrogen-bond donors (Lipinski definition) is 1. The van der Waals surface area contributed by atoms with E-state index in [0.29, 0.717) is 0 Å². The standard InChI is InChI=1S/C5H4FNO2/c6-7-2-1-4(8)3-5(7)9/h1-3,8H. The smallest absolute Gasteiger partial charge is 0.282 e. The van der Waals surface area contributed by atoms with Crippen LogP contribution in [-0.2, 0) is 0 Å². The molecule has 1 N–H and O–H groups in total. The second-order valence-electron chi connectivity index (χ2n) is 1.53. The predicted octanol–water partition coefficient (Wildman–Crippen LogP) is 0.286. The topological polar surface area (TPSA) is 42.2 Å². The minimum absolute atomic E-state index is 0.111. The molecular formula is C5H4FNO2. The lowest BCUT2D eigenvalue weighted by molar-refractivity contribution is 0.348. The molecule has 1 heterocycles. The summed E-state index contributed by atoms with van der Waals surface area (Å²) in [6, 6.07) is 1.88. The Balaban J connectivity index is 3.34. The molecule has 0 amide bonds. The lowest BCUT2D eigenvalue weighted by Gasteiger charge is -1.89. The summed E-state index contributed by atoms with van der Waals surface area (Å²) < 4.78 is 12.0.